The zero-order valence-electron chi connectivity index (χ0n) is 9.93. The molecule has 0 aliphatic heterocycles. The van der Waals surface area contributed by atoms with Crippen LogP contribution in [0, 0.1) is 5.82 Å². The Labute approximate surface area is 109 Å². The molecule has 4 nitrogen and oxygen atoms in total. The Morgan fingerprint density at radius 1 is 1.11 bits per heavy atom. The van der Waals surface area contributed by atoms with Crippen LogP contribution < -0.4 is 5.32 Å². The van der Waals surface area contributed by atoms with Crippen LogP contribution in [0.5, 0.6) is 11.5 Å². The molecule has 5 heteroatoms. The Kier molecular flexibility index (Phi) is 3.66. The molecule has 0 radical (unpaired) electrons. The highest BCUT2D eigenvalue weighted by molar-refractivity contribution is 5.94. The minimum atomic E-state index is -0.463. The molecule has 0 saturated heterocycles. The molecule has 19 heavy (non-hydrogen) atoms. The van der Waals surface area contributed by atoms with E-state index in [0.717, 1.165) is 6.07 Å². The van der Waals surface area contributed by atoms with E-state index in [-0.39, 0.29) is 29.4 Å². The van der Waals surface area contributed by atoms with Gasteiger partial charge in [-0.25, -0.2) is 4.39 Å². The number of nitrogens with one attached hydrogen (secondary N) is 1. The van der Waals surface area contributed by atoms with Crippen LogP contribution in [0.25, 0.3) is 0 Å². The van der Waals surface area contributed by atoms with Crippen LogP contribution in [-0.2, 0) is 6.54 Å². The van der Waals surface area contributed by atoms with Crippen molar-refractivity contribution in [2.24, 2.45) is 0 Å². The second-order valence-electron chi connectivity index (χ2n) is 4.05. The lowest BCUT2D eigenvalue weighted by molar-refractivity contribution is 0.0950. The van der Waals surface area contributed by atoms with Gasteiger partial charge in [0.2, 0.25) is 0 Å². The summed E-state index contributed by atoms with van der Waals surface area (Å²) in [4.78, 5) is 11.8. The van der Waals surface area contributed by atoms with Gasteiger partial charge in [-0.15, -0.1) is 0 Å². The van der Waals surface area contributed by atoms with Crippen molar-refractivity contribution in [2.75, 3.05) is 0 Å². The average molecular weight is 261 g/mol. The number of phenols is 2. The van der Waals surface area contributed by atoms with Crippen LogP contribution >= 0.6 is 0 Å². The largest absolute Gasteiger partial charge is 0.508 e. The summed E-state index contributed by atoms with van der Waals surface area (Å²) in [6.45, 7) is 0.160. The molecule has 0 saturated carbocycles. The highest BCUT2D eigenvalue weighted by Gasteiger charge is 2.08. The van der Waals surface area contributed by atoms with Crippen LogP contribution in [0.2, 0.25) is 0 Å². The summed E-state index contributed by atoms with van der Waals surface area (Å²) in [5.41, 5.74) is 0.756. The lowest BCUT2D eigenvalue weighted by atomic mass is 10.1. The number of carbonyl (C=O) groups is 1. The second kappa shape index (κ2) is 5.39. The smallest absolute Gasteiger partial charge is 0.251 e. The van der Waals surface area contributed by atoms with Crippen molar-refractivity contribution in [3.05, 3.63) is 59.4 Å². The highest BCUT2D eigenvalue weighted by Crippen LogP contribution is 2.20. The molecule has 0 aromatic heterocycles. The predicted octanol–water partition coefficient (Wildman–Crippen LogP) is 2.17. The first-order chi connectivity index (χ1) is 9.04. The fraction of sp³-hybridized carbons (Fsp3) is 0.0714. The maximum absolute atomic E-state index is 12.9. The van der Waals surface area contributed by atoms with Crippen LogP contribution in [0.4, 0.5) is 4.39 Å². The van der Waals surface area contributed by atoms with Crippen molar-refractivity contribution in [1.29, 1.82) is 0 Å². The lowest BCUT2D eigenvalue weighted by Gasteiger charge is -2.06. The molecule has 0 bridgehead atoms. The number of hydrogen-bond donors (Lipinski definition) is 3. The quantitative estimate of drug-likeness (QED) is 0.793. The Bertz CT molecular complexity index is 593. The van der Waals surface area contributed by atoms with Gasteiger partial charge in [0.1, 0.15) is 17.3 Å². The Morgan fingerprint density at radius 3 is 2.42 bits per heavy atom. The first-order valence-electron chi connectivity index (χ1n) is 5.60. The maximum Gasteiger partial charge on any atom is 0.251 e. The van der Waals surface area contributed by atoms with E-state index in [4.69, 9.17) is 0 Å². The second-order valence-corrected chi connectivity index (χ2v) is 4.05. The molecule has 0 atom stereocenters. The molecule has 2 aromatic carbocycles. The fourth-order valence-electron chi connectivity index (χ4n) is 1.66. The van der Waals surface area contributed by atoms with Crippen molar-refractivity contribution >= 4 is 5.91 Å². The molecule has 2 rings (SSSR count). The van der Waals surface area contributed by atoms with Gasteiger partial charge in [0.15, 0.2) is 0 Å². The van der Waals surface area contributed by atoms with Gasteiger partial charge in [-0.2, -0.15) is 0 Å². The minimum absolute atomic E-state index is 0.133. The molecule has 2 aromatic rings. The monoisotopic (exact) mass is 261 g/mol. The number of carbonyl (C=O) groups excluding carboxylic acids is 1. The van der Waals surface area contributed by atoms with Gasteiger partial charge in [0.25, 0.3) is 5.91 Å². The van der Waals surface area contributed by atoms with Gasteiger partial charge in [0, 0.05) is 18.2 Å². The van der Waals surface area contributed by atoms with E-state index < -0.39 is 5.91 Å². The van der Waals surface area contributed by atoms with Crippen LogP contribution in [0.1, 0.15) is 15.9 Å². The molecule has 0 unspecified atom stereocenters. The summed E-state index contributed by atoms with van der Waals surface area (Å²) in [6, 6.07) is 9.48. The summed E-state index contributed by atoms with van der Waals surface area (Å²) in [5, 5.41) is 21.1. The third-order valence-electron chi connectivity index (χ3n) is 2.51. The molecular formula is C14H12FNO3. The average Bonchev–Trinajstić information content (AvgIpc) is 2.35. The SMILES string of the molecule is O=C(NCc1cccc(F)c1)c1cc(O)cc(O)c1. The number of phenolic OH excluding ortho intramolecular Hbond substituents is 2. The standard InChI is InChI=1S/C14H12FNO3/c15-11-3-1-2-9(4-11)8-16-14(19)10-5-12(17)7-13(18)6-10/h1-7,17-18H,8H2,(H,16,19). The maximum atomic E-state index is 12.9. The Hall–Kier alpha value is -2.56. The summed E-state index contributed by atoms with van der Waals surface area (Å²) >= 11 is 0. The van der Waals surface area contributed by atoms with Crippen molar-refractivity contribution in [3.8, 4) is 11.5 Å². The van der Waals surface area contributed by atoms with Crippen LogP contribution in [0.15, 0.2) is 42.5 Å². The molecule has 0 aliphatic rings. The molecule has 0 heterocycles. The number of amides is 1. The first kappa shape index (κ1) is 12.9. The van der Waals surface area contributed by atoms with E-state index in [1.807, 2.05) is 0 Å². The van der Waals surface area contributed by atoms with Gasteiger partial charge in [-0.05, 0) is 29.8 Å². The lowest BCUT2D eigenvalue weighted by Crippen LogP contribution is -2.22. The number of aromatic hydroxyl groups is 2. The Morgan fingerprint density at radius 2 is 1.79 bits per heavy atom. The van der Waals surface area contributed by atoms with Gasteiger partial charge in [0.05, 0.1) is 0 Å². The zero-order valence-corrected chi connectivity index (χ0v) is 9.93. The van der Waals surface area contributed by atoms with E-state index in [9.17, 15) is 19.4 Å². The summed E-state index contributed by atoms with van der Waals surface area (Å²) < 4.78 is 12.9. The summed E-state index contributed by atoms with van der Waals surface area (Å²) in [5.74, 6) is -1.23. The van der Waals surface area contributed by atoms with Gasteiger partial charge in [-0.3, -0.25) is 4.79 Å². The molecule has 0 fully saturated rings. The first-order valence-corrected chi connectivity index (χ1v) is 5.60. The topological polar surface area (TPSA) is 69.6 Å². The number of rotatable bonds is 3. The van der Waals surface area contributed by atoms with Crippen LogP contribution in [0.3, 0.4) is 0 Å². The van der Waals surface area contributed by atoms with Crippen molar-refractivity contribution in [1.82, 2.24) is 5.32 Å². The fourth-order valence-corrected chi connectivity index (χ4v) is 1.66. The van der Waals surface area contributed by atoms with E-state index in [0.29, 0.717) is 5.56 Å². The van der Waals surface area contributed by atoms with Crippen molar-refractivity contribution in [3.63, 3.8) is 0 Å². The van der Waals surface area contributed by atoms with Crippen molar-refractivity contribution in [2.45, 2.75) is 6.54 Å². The van der Waals surface area contributed by atoms with E-state index in [1.165, 1.54) is 24.3 Å². The summed E-state index contributed by atoms with van der Waals surface area (Å²) in [6.07, 6.45) is 0. The molecule has 0 spiro atoms. The van der Waals surface area contributed by atoms with Gasteiger partial charge < -0.3 is 15.5 Å². The minimum Gasteiger partial charge on any atom is -0.508 e. The Balaban J connectivity index is 2.05. The third kappa shape index (κ3) is 3.45. The normalized spacial score (nSPS) is 10.2. The molecular weight excluding hydrogens is 249 g/mol. The number of halogens is 1. The molecule has 3 N–H and O–H groups in total. The highest BCUT2D eigenvalue weighted by atomic mass is 19.1. The number of benzene rings is 2. The van der Waals surface area contributed by atoms with E-state index in [1.54, 1.807) is 12.1 Å². The predicted molar refractivity (Wildman–Crippen MR) is 67.3 cm³/mol. The molecule has 1 amide bonds. The van der Waals surface area contributed by atoms with Gasteiger partial charge in [-0.1, -0.05) is 12.1 Å². The summed E-state index contributed by atoms with van der Waals surface area (Å²) in [7, 11) is 0. The van der Waals surface area contributed by atoms with Crippen molar-refractivity contribution < 1.29 is 19.4 Å². The van der Waals surface area contributed by atoms with E-state index >= 15 is 0 Å². The van der Waals surface area contributed by atoms with Crippen LogP contribution in [-0.4, -0.2) is 16.1 Å². The van der Waals surface area contributed by atoms with E-state index in [2.05, 4.69) is 5.32 Å². The third-order valence-corrected chi connectivity index (χ3v) is 2.51. The zero-order chi connectivity index (χ0) is 13.8. The molecule has 98 valence electrons. The number of hydrogen-bond acceptors (Lipinski definition) is 3. The van der Waals surface area contributed by atoms with Gasteiger partial charge >= 0.3 is 0 Å². The molecule has 0 aliphatic carbocycles.